The van der Waals surface area contributed by atoms with Gasteiger partial charge in [-0.05, 0) is 25.1 Å². The minimum absolute atomic E-state index is 0.118. The highest BCUT2D eigenvalue weighted by Gasteiger charge is 2.18. The van der Waals surface area contributed by atoms with Gasteiger partial charge in [0.15, 0.2) is 0 Å². The Hall–Kier alpha value is -0.930. The fourth-order valence-corrected chi connectivity index (χ4v) is 1.90. The van der Waals surface area contributed by atoms with E-state index in [1.807, 2.05) is 6.92 Å². The molecule has 0 aliphatic heterocycles. The summed E-state index contributed by atoms with van der Waals surface area (Å²) in [6.07, 6.45) is 0. The van der Waals surface area contributed by atoms with E-state index in [-0.39, 0.29) is 5.91 Å². The minimum Gasteiger partial charge on any atom is -0.496 e. The Labute approximate surface area is 111 Å². The Morgan fingerprint density at radius 3 is 2.71 bits per heavy atom. The van der Waals surface area contributed by atoms with Crippen LogP contribution in [0, 0.1) is 0 Å². The van der Waals surface area contributed by atoms with Crippen LogP contribution in [0.1, 0.15) is 17.3 Å². The molecule has 1 aromatic carbocycles. The molecule has 0 aliphatic carbocycles. The first-order valence-corrected chi connectivity index (χ1v) is 6.24. The van der Waals surface area contributed by atoms with Crippen molar-refractivity contribution in [1.29, 1.82) is 0 Å². The molecule has 94 valence electrons. The molecule has 0 saturated heterocycles. The molecule has 0 bridgehead atoms. The molecule has 1 amide bonds. The van der Waals surface area contributed by atoms with Crippen molar-refractivity contribution in [2.75, 3.05) is 26.1 Å². The van der Waals surface area contributed by atoms with Gasteiger partial charge in [-0.15, -0.1) is 11.6 Å². The van der Waals surface area contributed by atoms with Crippen LogP contribution in [0.4, 0.5) is 0 Å². The van der Waals surface area contributed by atoms with Gasteiger partial charge in [-0.25, -0.2) is 0 Å². The standard InChI is InChI=1S/C12H15Cl2NO2/c1-3-15(7-6-13)12(16)10-8-9(14)4-5-11(10)17-2/h4-5,8H,3,6-7H2,1-2H3. The summed E-state index contributed by atoms with van der Waals surface area (Å²) in [5.74, 6) is 0.808. The molecule has 17 heavy (non-hydrogen) atoms. The van der Waals surface area contributed by atoms with Crippen LogP contribution >= 0.6 is 23.2 Å². The molecule has 0 radical (unpaired) electrons. The Balaban J connectivity index is 3.04. The largest absolute Gasteiger partial charge is 0.496 e. The molecule has 5 heteroatoms. The van der Waals surface area contributed by atoms with Crippen molar-refractivity contribution in [1.82, 2.24) is 4.90 Å². The molecule has 0 N–H and O–H groups in total. The van der Waals surface area contributed by atoms with Crippen molar-refractivity contribution in [2.45, 2.75) is 6.92 Å². The third kappa shape index (κ3) is 3.51. The van der Waals surface area contributed by atoms with E-state index in [0.29, 0.717) is 35.3 Å². The van der Waals surface area contributed by atoms with Gasteiger partial charge in [-0.2, -0.15) is 0 Å². The van der Waals surface area contributed by atoms with Crippen LogP contribution in [-0.2, 0) is 0 Å². The predicted molar refractivity (Wildman–Crippen MR) is 70.3 cm³/mol. The molecule has 0 aliphatic rings. The zero-order valence-corrected chi connectivity index (χ0v) is 11.4. The summed E-state index contributed by atoms with van der Waals surface area (Å²) in [5.41, 5.74) is 0.465. The van der Waals surface area contributed by atoms with Gasteiger partial charge in [-0.3, -0.25) is 4.79 Å². The minimum atomic E-state index is -0.118. The lowest BCUT2D eigenvalue weighted by Crippen LogP contribution is -2.32. The molecule has 0 unspecified atom stereocenters. The topological polar surface area (TPSA) is 29.5 Å². The average Bonchev–Trinajstić information content (AvgIpc) is 2.35. The summed E-state index contributed by atoms with van der Waals surface area (Å²) in [5, 5.41) is 0.510. The average molecular weight is 276 g/mol. The number of nitrogens with zero attached hydrogens (tertiary/aromatic N) is 1. The lowest BCUT2D eigenvalue weighted by Gasteiger charge is -2.20. The highest BCUT2D eigenvalue weighted by Crippen LogP contribution is 2.24. The number of benzene rings is 1. The van der Waals surface area contributed by atoms with Crippen molar-refractivity contribution in [2.24, 2.45) is 0 Å². The number of rotatable bonds is 5. The fraction of sp³-hybridized carbons (Fsp3) is 0.417. The number of alkyl halides is 1. The number of methoxy groups -OCH3 is 1. The van der Waals surface area contributed by atoms with Crippen molar-refractivity contribution in [3.05, 3.63) is 28.8 Å². The summed E-state index contributed by atoms with van der Waals surface area (Å²) < 4.78 is 5.16. The molecule has 0 heterocycles. The monoisotopic (exact) mass is 275 g/mol. The van der Waals surface area contributed by atoms with Gasteiger partial charge in [-0.1, -0.05) is 11.6 Å². The molecular formula is C12H15Cl2NO2. The second kappa shape index (κ2) is 6.72. The van der Waals surface area contributed by atoms with E-state index < -0.39 is 0 Å². The smallest absolute Gasteiger partial charge is 0.257 e. The molecule has 0 fully saturated rings. The van der Waals surface area contributed by atoms with E-state index >= 15 is 0 Å². The van der Waals surface area contributed by atoms with Gasteiger partial charge < -0.3 is 9.64 Å². The lowest BCUT2D eigenvalue weighted by atomic mass is 10.1. The first-order chi connectivity index (χ1) is 8.13. The number of hydrogen-bond acceptors (Lipinski definition) is 2. The molecule has 1 rings (SSSR count). The third-order valence-corrected chi connectivity index (χ3v) is 2.82. The van der Waals surface area contributed by atoms with Crippen molar-refractivity contribution in [3.8, 4) is 5.75 Å². The van der Waals surface area contributed by atoms with Crippen LogP contribution in [0.5, 0.6) is 5.75 Å². The second-order valence-corrected chi connectivity index (χ2v) is 4.23. The van der Waals surface area contributed by atoms with Crippen LogP contribution in [-0.4, -0.2) is 36.9 Å². The summed E-state index contributed by atoms with van der Waals surface area (Å²) >= 11 is 11.6. The van der Waals surface area contributed by atoms with Crippen LogP contribution in [0.15, 0.2) is 18.2 Å². The van der Waals surface area contributed by atoms with Crippen LogP contribution in [0.25, 0.3) is 0 Å². The van der Waals surface area contributed by atoms with E-state index in [0.717, 1.165) is 0 Å². The zero-order valence-electron chi connectivity index (χ0n) is 9.87. The summed E-state index contributed by atoms with van der Waals surface area (Å²) in [6, 6.07) is 4.98. The first kappa shape index (κ1) is 14.1. The Morgan fingerprint density at radius 1 is 1.47 bits per heavy atom. The van der Waals surface area contributed by atoms with Crippen LogP contribution < -0.4 is 4.74 Å². The Morgan fingerprint density at radius 2 is 2.18 bits per heavy atom. The summed E-state index contributed by atoms with van der Waals surface area (Å²) in [7, 11) is 1.53. The molecule has 3 nitrogen and oxygen atoms in total. The molecule has 0 aromatic heterocycles. The van der Waals surface area contributed by atoms with Crippen molar-refractivity contribution in [3.63, 3.8) is 0 Å². The number of ether oxygens (including phenoxy) is 1. The lowest BCUT2D eigenvalue weighted by molar-refractivity contribution is 0.0770. The van der Waals surface area contributed by atoms with E-state index in [1.165, 1.54) is 7.11 Å². The van der Waals surface area contributed by atoms with E-state index in [9.17, 15) is 4.79 Å². The molecule has 1 aromatic rings. The van der Waals surface area contributed by atoms with Gasteiger partial charge in [0.1, 0.15) is 5.75 Å². The number of halogens is 2. The van der Waals surface area contributed by atoms with Gasteiger partial charge in [0.2, 0.25) is 0 Å². The fourth-order valence-electron chi connectivity index (χ4n) is 1.52. The molecule has 0 atom stereocenters. The second-order valence-electron chi connectivity index (χ2n) is 3.42. The Kier molecular flexibility index (Phi) is 5.59. The van der Waals surface area contributed by atoms with Crippen LogP contribution in [0.3, 0.4) is 0 Å². The van der Waals surface area contributed by atoms with Crippen molar-refractivity contribution < 1.29 is 9.53 Å². The maximum Gasteiger partial charge on any atom is 0.257 e. The number of carbonyl (C=O) groups excluding carboxylic acids is 1. The number of hydrogen-bond donors (Lipinski definition) is 0. The highest BCUT2D eigenvalue weighted by molar-refractivity contribution is 6.31. The highest BCUT2D eigenvalue weighted by atomic mass is 35.5. The number of carbonyl (C=O) groups is 1. The van der Waals surface area contributed by atoms with Gasteiger partial charge in [0.25, 0.3) is 5.91 Å². The van der Waals surface area contributed by atoms with E-state index in [2.05, 4.69) is 0 Å². The van der Waals surface area contributed by atoms with E-state index in [1.54, 1.807) is 23.1 Å². The third-order valence-electron chi connectivity index (χ3n) is 2.42. The molecule has 0 saturated carbocycles. The maximum absolute atomic E-state index is 12.2. The maximum atomic E-state index is 12.2. The molecular weight excluding hydrogens is 261 g/mol. The molecule has 0 spiro atoms. The zero-order chi connectivity index (χ0) is 12.8. The number of amides is 1. The SMILES string of the molecule is CCN(CCCl)C(=O)c1cc(Cl)ccc1OC. The first-order valence-electron chi connectivity index (χ1n) is 5.32. The normalized spacial score (nSPS) is 10.1. The van der Waals surface area contributed by atoms with Crippen molar-refractivity contribution >= 4 is 29.1 Å². The van der Waals surface area contributed by atoms with Gasteiger partial charge in [0.05, 0.1) is 12.7 Å². The van der Waals surface area contributed by atoms with Crippen LogP contribution in [0.2, 0.25) is 5.02 Å². The van der Waals surface area contributed by atoms with E-state index in [4.69, 9.17) is 27.9 Å². The predicted octanol–water partition coefficient (Wildman–Crippen LogP) is 3.05. The van der Waals surface area contributed by atoms with Gasteiger partial charge in [0, 0.05) is 24.0 Å². The summed E-state index contributed by atoms with van der Waals surface area (Å²) in [6.45, 7) is 3.01. The Bertz CT molecular complexity index is 396. The summed E-state index contributed by atoms with van der Waals surface area (Å²) in [4.78, 5) is 13.9. The quantitative estimate of drug-likeness (QED) is 0.773. The van der Waals surface area contributed by atoms with Gasteiger partial charge >= 0.3 is 0 Å².